The first kappa shape index (κ1) is 20.4. The molecule has 29 heavy (non-hydrogen) atoms. The molecule has 0 aromatic heterocycles. The Hall–Kier alpha value is -1.92. The van der Waals surface area contributed by atoms with Gasteiger partial charge in [0.2, 0.25) is 0 Å². The third kappa shape index (κ3) is 5.80. The van der Waals surface area contributed by atoms with Crippen molar-refractivity contribution in [2.75, 3.05) is 52.9 Å². The maximum Gasteiger partial charge on any atom is 0.119 e. The Bertz CT molecular complexity index is 789. The van der Waals surface area contributed by atoms with E-state index in [1.54, 1.807) is 0 Å². The van der Waals surface area contributed by atoms with Crippen LogP contribution in [0.15, 0.2) is 48.5 Å². The lowest BCUT2D eigenvalue weighted by molar-refractivity contribution is 0.0637. The summed E-state index contributed by atoms with van der Waals surface area (Å²) in [4.78, 5) is 7.18. The van der Waals surface area contributed by atoms with Gasteiger partial charge in [0.05, 0.1) is 0 Å². The van der Waals surface area contributed by atoms with Crippen LogP contribution in [0.5, 0.6) is 5.75 Å². The highest BCUT2D eigenvalue weighted by molar-refractivity contribution is 5.29. The van der Waals surface area contributed by atoms with Crippen molar-refractivity contribution in [1.29, 1.82) is 0 Å². The topological polar surface area (TPSA) is 39.2 Å². The minimum absolute atomic E-state index is 0.329. The molecule has 5 heteroatoms. The fourth-order valence-electron chi connectivity index (χ4n) is 4.25. The maximum absolute atomic E-state index is 10.5. The lowest BCUT2D eigenvalue weighted by Gasteiger charge is -2.32. The van der Waals surface area contributed by atoms with Crippen LogP contribution in [-0.4, -0.2) is 78.8 Å². The lowest BCUT2D eigenvalue weighted by atomic mass is 10.00. The van der Waals surface area contributed by atoms with Crippen molar-refractivity contribution in [3.8, 4) is 5.75 Å². The van der Waals surface area contributed by atoms with E-state index in [-0.39, 0.29) is 0 Å². The first-order valence-electron chi connectivity index (χ1n) is 10.8. The van der Waals surface area contributed by atoms with Crippen LogP contribution < -0.4 is 4.74 Å². The fraction of sp³-hybridized carbons (Fsp3) is 0.500. The first-order valence-corrected chi connectivity index (χ1v) is 10.8. The van der Waals surface area contributed by atoms with Gasteiger partial charge in [-0.2, -0.15) is 0 Å². The first-order chi connectivity index (χ1) is 14.2. The number of β-amino-alcohol motifs (C(OH)–C–C–N with tert-alkyl or cyclic N) is 1. The van der Waals surface area contributed by atoms with Gasteiger partial charge >= 0.3 is 0 Å². The maximum atomic E-state index is 10.5. The Morgan fingerprint density at radius 2 is 1.72 bits per heavy atom. The molecular formula is C24H33N3O2. The summed E-state index contributed by atoms with van der Waals surface area (Å²) >= 11 is 0. The fourth-order valence-corrected chi connectivity index (χ4v) is 4.25. The van der Waals surface area contributed by atoms with Crippen LogP contribution in [0.2, 0.25) is 0 Å². The number of likely N-dealkylation sites (N-methyl/N-ethyl adjacent to an activating group) is 1. The second-order valence-corrected chi connectivity index (χ2v) is 8.45. The third-order valence-corrected chi connectivity index (χ3v) is 6.02. The SMILES string of the molecule is CN1CCN(Cc2cccc(OC[C@@H](O)CN3CCc4ccccc4C3)c2)CC1. The second kappa shape index (κ2) is 9.72. The zero-order valence-electron chi connectivity index (χ0n) is 17.5. The highest BCUT2D eigenvalue weighted by atomic mass is 16.5. The zero-order chi connectivity index (χ0) is 20.1. The molecule has 5 nitrogen and oxygen atoms in total. The summed E-state index contributed by atoms with van der Waals surface area (Å²) in [7, 11) is 2.18. The zero-order valence-corrected chi connectivity index (χ0v) is 17.5. The van der Waals surface area contributed by atoms with E-state index in [1.807, 2.05) is 6.07 Å². The molecule has 0 unspecified atom stereocenters. The van der Waals surface area contributed by atoms with Gasteiger partial charge in [-0.1, -0.05) is 36.4 Å². The van der Waals surface area contributed by atoms with Gasteiger partial charge in [0.1, 0.15) is 18.5 Å². The summed E-state index contributed by atoms with van der Waals surface area (Å²) in [6, 6.07) is 16.9. The number of hydrogen-bond acceptors (Lipinski definition) is 5. The molecule has 0 spiro atoms. The number of fused-ring (bicyclic) bond motifs is 1. The molecule has 1 N–H and O–H groups in total. The van der Waals surface area contributed by atoms with Gasteiger partial charge in [-0.15, -0.1) is 0 Å². The molecule has 2 aliphatic heterocycles. The molecule has 2 aromatic rings. The Morgan fingerprint density at radius 3 is 2.55 bits per heavy atom. The summed E-state index contributed by atoms with van der Waals surface area (Å²) in [6.45, 7) is 8.32. The van der Waals surface area contributed by atoms with Gasteiger partial charge in [0.25, 0.3) is 0 Å². The molecule has 0 bridgehead atoms. The van der Waals surface area contributed by atoms with Crippen molar-refractivity contribution in [1.82, 2.24) is 14.7 Å². The average Bonchev–Trinajstić information content (AvgIpc) is 2.74. The van der Waals surface area contributed by atoms with Crippen LogP contribution in [0, 0.1) is 0 Å². The number of aliphatic hydroxyl groups excluding tert-OH is 1. The van der Waals surface area contributed by atoms with Crippen molar-refractivity contribution in [2.45, 2.75) is 25.6 Å². The number of rotatable bonds is 7. The number of hydrogen-bond donors (Lipinski definition) is 1. The van der Waals surface area contributed by atoms with E-state index < -0.39 is 6.10 Å². The summed E-state index contributed by atoms with van der Waals surface area (Å²) in [6.07, 6.45) is 0.569. The van der Waals surface area contributed by atoms with Crippen molar-refractivity contribution in [3.63, 3.8) is 0 Å². The number of piperazine rings is 1. The van der Waals surface area contributed by atoms with Crippen molar-refractivity contribution >= 4 is 0 Å². The average molecular weight is 396 g/mol. The molecule has 1 saturated heterocycles. The number of benzene rings is 2. The van der Waals surface area contributed by atoms with E-state index in [2.05, 4.69) is 64.2 Å². The summed E-state index contributed by atoms with van der Waals surface area (Å²) in [5.41, 5.74) is 4.09. The molecule has 0 radical (unpaired) electrons. The van der Waals surface area contributed by atoms with Crippen LogP contribution in [0.4, 0.5) is 0 Å². The molecule has 0 saturated carbocycles. The normalized spacial score (nSPS) is 19.7. The smallest absolute Gasteiger partial charge is 0.119 e. The molecule has 0 aliphatic carbocycles. The third-order valence-electron chi connectivity index (χ3n) is 6.02. The lowest BCUT2D eigenvalue weighted by Crippen LogP contribution is -2.43. The van der Waals surface area contributed by atoms with E-state index >= 15 is 0 Å². The van der Waals surface area contributed by atoms with E-state index in [0.717, 1.165) is 58.0 Å². The number of ether oxygens (including phenoxy) is 1. The molecule has 0 amide bonds. The molecule has 1 atom stereocenters. The van der Waals surface area contributed by atoms with Gasteiger partial charge in [-0.25, -0.2) is 0 Å². The van der Waals surface area contributed by atoms with Crippen LogP contribution in [0.25, 0.3) is 0 Å². The van der Waals surface area contributed by atoms with Gasteiger partial charge < -0.3 is 14.7 Å². The highest BCUT2D eigenvalue weighted by Gasteiger charge is 2.19. The molecule has 2 heterocycles. The Labute approximate surface area is 174 Å². The molecule has 4 rings (SSSR count). The molecule has 1 fully saturated rings. The van der Waals surface area contributed by atoms with Gasteiger partial charge in [-0.05, 0) is 42.3 Å². The minimum Gasteiger partial charge on any atom is -0.491 e. The van der Waals surface area contributed by atoms with Crippen LogP contribution in [0.3, 0.4) is 0 Å². The number of aliphatic hydroxyl groups is 1. The monoisotopic (exact) mass is 395 g/mol. The van der Waals surface area contributed by atoms with E-state index in [9.17, 15) is 5.11 Å². The Morgan fingerprint density at radius 1 is 0.931 bits per heavy atom. The standard InChI is InChI=1S/C24H33N3O2/c1-25-11-13-26(14-12-25)16-20-5-4-8-24(15-20)29-19-23(28)18-27-10-9-21-6-2-3-7-22(21)17-27/h2-8,15,23,28H,9-14,16-19H2,1H3/t23-/m0/s1. The highest BCUT2D eigenvalue weighted by Crippen LogP contribution is 2.19. The predicted octanol–water partition coefficient (Wildman–Crippen LogP) is 2.23. The van der Waals surface area contributed by atoms with Crippen molar-refractivity contribution in [3.05, 3.63) is 65.2 Å². The summed E-state index contributed by atoms with van der Waals surface area (Å²) in [5, 5.41) is 10.5. The van der Waals surface area contributed by atoms with E-state index in [0.29, 0.717) is 13.2 Å². The van der Waals surface area contributed by atoms with Gasteiger partial charge in [-0.3, -0.25) is 9.80 Å². The quantitative estimate of drug-likeness (QED) is 0.779. The van der Waals surface area contributed by atoms with Gasteiger partial charge in [0, 0.05) is 52.4 Å². The Kier molecular flexibility index (Phi) is 6.82. The van der Waals surface area contributed by atoms with E-state index in [1.165, 1.54) is 16.7 Å². The molecule has 2 aromatic carbocycles. The second-order valence-electron chi connectivity index (χ2n) is 8.45. The molecular weight excluding hydrogens is 362 g/mol. The van der Waals surface area contributed by atoms with Crippen molar-refractivity contribution in [2.24, 2.45) is 0 Å². The summed E-state index contributed by atoms with van der Waals surface area (Å²) < 4.78 is 5.92. The van der Waals surface area contributed by atoms with Crippen LogP contribution >= 0.6 is 0 Å². The molecule has 156 valence electrons. The molecule has 2 aliphatic rings. The van der Waals surface area contributed by atoms with Crippen LogP contribution in [0.1, 0.15) is 16.7 Å². The Balaban J connectivity index is 1.24. The van der Waals surface area contributed by atoms with Crippen molar-refractivity contribution < 1.29 is 9.84 Å². The summed E-state index contributed by atoms with van der Waals surface area (Å²) in [5.74, 6) is 0.847. The largest absolute Gasteiger partial charge is 0.491 e. The van der Waals surface area contributed by atoms with Crippen LogP contribution in [-0.2, 0) is 19.5 Å². The van der Waals surface area contributed by atoms with E-state index in [4.69, 9.17) is 4.74 Å². The predicted molar refractivity (Wildman–Crippen MR) is 116 cm³/mol. The number of nitrogens with zero attached hydrogens (tertiary/aromatic N) is 3. The minimum atomic E-state index is -0.485. The van der Waals surface area contributed by atoms with Gasteiger partial charge in [0.15, 0.2) is 0 Å².